The summed E-state index contributed by atoms with van der Waals surface area (Å²) in [6, 6.07) is 21.3. The molecule has 3 aromatic carbocycles. The van der Waals surface area contributed by atoms with Crippen molar-refractivity contribution in [3.63, 3.8) is 0 Å². The first-order valence-electron chi connectivity index (χ1n) is 11.8. The fourth-order valence-corrected chi connectivity index (χ4v) is 4.92. The first kappa shape index (κ1) is 20.3. The van der Waals surface area contributed by atoms with Crippen molar-refractivity contribution in [3.05, 3.63) is 83.4 Å². The Hall–Kier alpha value is -3.31. The van der Waals surface area contributed by atoms with Crippen LogP contribution in [0.25, 0.3) is 16.5 Å². The van der Waals surface area contributed by atoms with Gasteiger partial charge in [-0.05, 0) is 59.4 Å². The first-order chi connectivity index (χ1) is 16.3. The molecule has 0 bridgehead atoms. The van der Waals surface area contributed by atoms with Crippen LogP contribution in [0.2, 0.25) is 0 Å². The molecule has 0 aromatic heterocycles. The van der Waals surface area contributed by atoms with Gasteiger partial charge in [0.2, 0.25) is 5.90 Å². The van der Waals surface area contributed by atoms with Crippen LogP contribution in [-0.4, -0.2) is 43.3 Å². The van der Waals surface area contributed by atoms with Gasteiger partial charge in [-0.15, -0.1) is 0 Å². The largest absolute Gasteiger partial charge is 0.489 e. The number of nitrogens with zero attached hydrogens (tertiary/aromatic N) is 2. The molecule has 5 heteroatoms. The summed E-state index contributed by atoms with van der Waals surface area (Å²) in [5.74, 6) is 1.62. The van der Waals surface area contributed by atoms with Crippen molar-refractivity contribution >= 4 is 22.4 Å². The van der Waals surface area contributed by atoms with E-state index in [0.717, 1.165) is 38.2 Å². The first-order valence-corrected chi connectivity index (χ1v) is 11.8. The number of ether oxygens (including phenoxy) is 3. The van der Waals surface area contributed by atoms with E-state index in [1.165, 1.54) is 33.2 Å². The molecule has 0 saturated carbocycles. The van der Waals surface area contributed by atoms with Gasteiger partial charge in [-0.25, -0.2) is 4.99 Å². The van der Waals surface area contributed by atoms with Crippen LogP contribution in [0.15, 0.2) is 71.7 Å². The van der Waals surface area contributed by atoms with Gasteiger partial charge in [0.25, 0.3) is 0 Å². The summed E-state index contributed by atoms with van der Waals surface area (Å²) < 4.78 is 17.9. The highest BCUT2D eigenvalue weighted by atomic mass is 16.5. The summed E-state index contributed by atoms with van der Waals surface area (Å²) in [5.41, 5.74) is 4.95. The van der Waals surface area contributed by atoms with Crippen LogP contribution in [0.1, 0.15) is 29.5 Å². The summed E-state index contributed by atoms with van der Waals surface area (Å²) in [4.78, 5) is 6.93. The van der Waals surface area contributed by atoms with E-state index in [2.05, 4.69) is 76.6 Å². The van der Waals surface area contributed by atoms with Crippen LogP contribution in [0, 0.1) is 0 Å². The number of hydrogen-bond acceptors (Lipinski definition) is 5. The average molecular weight is 441 g/mol. The lowest BCUT2D eigenvalue weighted by Crippen LogP contribution is -2.33. The van der Waals surface area contributed by atoms with Gasteiger partial charge in [0.15, 0.2) is 0 Å². The zero-order chi connectivity index (χ0) is 22.0. The normalized spacial score (nSPS) is 19.5. The highest BCUT2D eigenvalue weighted by Crippen LogP contribution is 2.33. The predicted octanol–water partition coefficient (Wildman–Crippen LogP) is 5.18. The molecule has 1 fully saturated rings. The molecule has 1 saturated heterocycles. The zero-order valence-electron chi connectivity index (χ0n) is 18.7. The van der Waals surface area contributed by atoms with E-state index < -0.39 is 0 Å². The van der Waals surface area contributed by atoms with Gasteiger partial charge >= 0.3 is 0 Å². The average Bonchev–Trinajstić information content (AvgIpc) is 3.39. The van der Waals surface area contributed by atoms with Crippen LogP contribution < -0.4 is 4.74 Å². The summed E-state index contributed by atoms with van der Waals surface area (Å²) in [5, 5.41) is 2.49. The summed E-state index contributed by atoms with van der Waals surface area (Å²) in [6.07, 6.45) is 5.45. The second-order valence-corrected chi connectivity index (χ2v) is 8.87. The highest BCUT2D eigenvalue weighted by molar-refractivity contribution is 5.96. The number of rotatable bonds is 5. The monoisotopic (exact) mass is 440 g/mol. The Morgan fingerprint density at radius 2 is 1.97 bits per heavy atom. The summed E-state index contributed by atoms with van der Waals surface area (Å²) >= 11 is 0. The Morgan fingerprint density at radius 1 is 1.03 bits per heavy atom. The maximum Gasteiger partial charge on any atom is 0.212 e. The third-order valence-corrected chi connectivity index (χ3v) is 6.72. The quantitative estimate of drug-likeness (QED) is 0.548. The predicted molar refractivity (Wildman–Crippen MR) is 130 cm³/mol. The maximum absolute atomic E-state index is 6.22. The van der Waals surface area contributed by atoms with E-state index in [0.29, 0.717) is 25.8 Å². The Labute approximate surface area is 194 Å². The Morgan fingerprint density at radius 3 is 2.91 bits per heavy atom. The lowest BCUT2D eigenvalue weighted by molar-refractivity contribution is 0.0639. The molecular formula is C28H28N2O3. The molecule has 168 valence electrons. The van der Waals surface area contributed by atoms with E-state index in [-0.39, 0.29) is 6.10 Å². The van der Waals surface area contributed by atoms with Gasteiger partial charge in [0.05, 0.1) is 11.8 Å². The Bertz CT molecular complexity index is 1220. The van der Waals surface area contributed by atoms with Crippen molar-refractivity contribution in [2.75, 3.05) is 26.4 Å². The van der Waals surface area contributed by atoms with E-state index >= 15 is 0 Å². The molecule has 5 nitrogen and oxygen atoms in total. The fraction of sp³-hybridized carbons (Fsp3) is 0.321. The summed E-state index contributed by atoms with van der Waals surface area (Å²) in [6.45, 7) is 3.58. The van der Waals surface area contributed by atoms with E-state index in [1.807, 2.05) is 0 Å². The fourth-order valence-electron chi connectivity index (χ4n) is 4.92. The van der Waals surface area contributed by atoms with Crippen LogP contribution in [0.5, 0.6) is 5.75 Å². The Balaban J connectivity index is 1.18. The van der Waals surface area contributed by atoms with Crippen molar-refractivity contribution in [3.8, 4) is 5.75 Å². The van der Waals surface area contributed by atoms with E-state index in [4.69, 9.17) is 14.2 Å². The van der Waals surface area contributed by atoms with Crippen molar-refractivity contribution < 1.29 is 14.2 Å². The van der Waals surface area contributed by atoms with Crippen LogP contribution in [0.3, 0.4) is 0 Å². The number of fused-ring (bicyclic) bond motifs is 4. The van der Waals surface area contributed by atoms with E-state index in [9.17, 15) is 0 Å². The summed E-state index contributed by atoms with van der Waals surface area (Å²) in [7, 11) is 0. The van der Waals surface area contributed by atoms with Gasteiger partial charge in [-0.2, -0.15) is 0 Å². The van der Waals surface area contributed by atoms with Gasteiger partial charge in [-0.3, -0.25) is 0 Å². The topological polar surface area (TPSA) is 43.3 Å². The molecule has 1 unspecified atom stereocenters. The van der Waals surface area contributed by atoms with Crippen LogP contribution in [0.4, 0.5) is 0 Å². The SMILES string of the molecule is C1=C2c3ccc(OCc4cccc5ccccc45)cc3CCN2CN=C1OCC1CCCO1. The number of benzene rings is 3. The molecule has 1 atom stereocenters. The smallest absolute Gasteiger partial charge is 0.212 e. The minimum atomic E-state index is 0.198. The highest BCUT2D eigenvalue weighted by Gasteiger charge is 2.25. The molecule has 6 rings (SSSR count). The third-order valence-electron chi connectivity index (χ3n) is 6.72. The van der Waals surface area contributed by atoms with Crippen LogP contribution >= 0.6 is 0 Å². The molecule has 0 aliphatic carbocycles. The second kappa shape index (κ2) is 8.91. The molecule has 3 aromatic rings. The minimum Gasteiger partial charge on any atom is -0.489 e. The molecule has 0 amide bonds. The lowest BCUT2D eigenvalue weighted by Gasteiger charge is -2.34. The number of hydrogen-bond donors (Lipinski definition) is 0. The molecule has 3 aliphatic rings. The van der Waals surface area contributed by atoms with Gasteiger partial charge in [0, 0.05) is 24.8 Å². The van der Waals surface area contributed by atoms with E-state index in [1.54, 1.807) is 0 Å². The van der Waals surface area contributed by atoms with Crippen molar-refractivity contribution in [2.24, 2.45) is 4.99 Å². The van der Waals surface area contributed by atoms with Crippen molar-refractivity contribution in [2.45, 2.75) is 32.0 Å². The Kier molecular flexibility index (Phi) is 5.48. The maximum atomic E-state index is 6.22. The molecule has 0 N–H and O–H groups in total. The molecule has 33 heavy (non-hydrogen) atoms. The zero-order valence-corrected chi connectivity index (χ0v) is 18.7. The lowest BCUT2D eigenvalue weighted by atomic mass is 9.95. The third kappa shape index (κ3) is 4.21. The van der Waals surface area contributed by atoms with Gasteiger partial charge < -0.3 is 19.1 Å². The molecular weight excluding hydrogens is 412 g/mol. The molecule has 0 radical (unpaired) electrons. The standard InChI is InChI=1S/C28H28N2O3/c1-2-9-25-20(5-1)6-3-7-22(25)17-32-23-10-11-26-21(15-23)12-13-30-19-29-28(16-27(26)30)33-18-24-8-4-14-31-24/h1-3,5-7,9-11,15-16,24H,4,8,12-14,17-19H2. The van der Waals surface area contributed by atoms with Crippen LogP contribution in [-0.2, 0) is 22.5 Å². The number of aliphatic imine (C=N–C) groups is 1. The second-order valence-electron chi connectivity index (χ2n) is 8.87. The molecule has 0 spiro atoms. The molecule has 3 aliphatic heterocycles. The van der Waals surface area contributed by atoms with Gasteiger partial charge in [-0.1, -0.05) is 42.5 Å². The molecule has 3 heterocycles. The van der Waals surface area contributed by atoms with Crippen molar-refractivity contribution in [1.29, 1.82) is 0 Å². The minimum absolute atomic E-state index is 0.198. The van der Waals surface area contributed by atoms with Crippen molar-refractivity contribution in [1.82, 2.24) is 4.90 Å². The van der Waals surface area contributed by atoms with Gasteiger partial charge in [0.1, 0.15) is 25.6 Å².